The van der Waals surface area contributed by atoms with Gasteiger partial charge in [0.2, 0.25) is 0 Å². The summed E-state index contributed by atoms with van der Waals surface area (Å²) in [4.78, 5) is 6.17. The molecule has 0 aliphatic carbocycles. The van der Waals surface area contributed by atoms with E-state index >= 15 is 0 Å². The highest BCUT2D eigenvalue weighted by Crippen LogP contribution is 1.99. The van der Waals surface area contributed by atoms with Crippen molar-refractivity contribution >= 4 is 6.02 Å². The zero-order chi connectivity index (χ0) is 6.69. The van der Waals surface area contributed by atoms with E-state index in [4.69, 9.17) is 4.74 Å². The smallest absolute Gasteiger partial charge is 0.286 e. The van der Waals surface area contributed by atoms with E-state index in [2.05, 4.69) is 4.99 Å². The third kappa shape index (κ3) is 1.34. The molecule has 0 aromatic heterocycles. The summed E-state index contributed by atoms with van der Waals surface area (Å²) in [5, 5.41) is 0. The minimum absolute atomic E-state index is 0.765. The summed E-state index contributed by atoms with van der Waals surface area (Å²) < 4.78 is 4.98. The van der Waals surface area contributed by atoms with Crippen molar-refractivity contribution in [1.29, 1.82) is 0 Å². The lowest BCUT2D eigenvalue weighted by Gasteiger charge is -2.22. The van der Waals surface area contributed by atoms with Crippen molar-refractivity contribution in [2.24, 2.45) is 4.99 Å². The van der Waals surface area contributed by atoms with Crippen LogP contribution in [0.2, 0.25) is 0 Å². The molecule has 1 rings (SSSR count). The molecule has 0 spiro atoms. The summed E-state index contributed by atoms with van der Waals surface area (Å²) in [5.74, 6) is 0. The van der Waals surface area contributed by atoms with Gasteiger partial charge in [-0.3, -0.25) is 0 Å². The van der Waals surface area contributed by atoms with E-state index in [-0.39, 0.29) is 0 Å². The molecule has 0 saturated heterocycles. The molecule has 0 aromatic carbocycles. The van der Waals surface area contributed by atoms with E-state index in [0.717, 1.165) is 25.5 Å². The van der Waals surface area contributed by atoms with Gasteiger partial charge in [0, 0.05) is 20.1 Å². The minimum atomic E-state index is 0.765. The zero-order valence-electron chi connectivity index (χ0n) is 5.92. The van der Waals surface area contributed by atoms with Crippen LogP contribution in [0.5, 0.6) is 0 Å². The second kappa shape index (κ2) is 2.71. The van der Waals surface area contributed by atoms with E-state index < -0.39 is 0 Å². The van der Waals surface area contributed by atoms with E-state index in [1.807, 2.05) is 11.9 Å². The van der Waals surface area contributed by atoms with Gasteiger partial charge in [0.05, 0.1) is 7.11 Å². The molecule has 9 heavy (non-hydrogen) atoms. The summed E-state index contributed by atoms with van der Waals surface area (Å²) in [5.41, 5.74) is 0. The van der Waals surface area contributed by atoms with Gasteiger partial charge in [0.25, 0.3) is 6.02 Å². The lowest BCUT2D eigenvalue weighted by molar-refractivity contribution is 0.293. The molecule has 0 N–H and O–H groups in total. The predicted molar refractivity (Wildman–Crippen MR) is 36.6 cm³/mol. The van der Waals surface area contributed by atoms with E-state index in [9.17, 15) is 0 Å². The second-order valence-corrected chi connectivity index (χ2v) is 2.14. The van der Waals surface area contributed by atoms with Crippen molar-refractivity contribution < 1.29 is 4.74 Å². The van der Waals surface area contributed by atoms with Crippen molar-refractivity contribution in [2.75, 3.05) is 27.2 Å². The van der Waals surface area contributed by atoms with E-state index in [1.165, 1.54) is 0 Å². The highest BCUT2D eigenvalue weighted by molar-refractivity contribution is 5.73. The average Bonchev–Trinajstić information content (AvgIpc) is 1.89. The van der Waals surface area contributed by atoms with Gasteiger partial charge in [-0.1, -0.05) is 0 Å². The fraction of sp³-hybridized carbons (Fsp3) is 0.833. The van der Waals surface area contributed by atoms with Crippen LogP contribution in [0.3, 0.4) is 0 Å². The topological polar surface area (TPSA) is 24.8 Å². The number of hydrogen-bond donors (Lipinski definition) is 0. The molecule has 0 fully saturated rings. The molecule has 0 unspecified atom stereocenters. The number of rotatable bonds is 0. The van der Waals surface area contributed by atoms with Crippen LogP contribution in [-0.4, -0.2) is 38.2 Å². The number of hydrogen-bond acceptors (Lipinski definition) is 3. The van der Waals surface area contributed by atoms with E-state index in [0.29, 0.717) is 0 Å². The van der Waals surface area contributed by atoms with Crippen molar-refractivity contribution in [1.82, 2.24) is 4.90 Å². The minimum Gasteiger partial charge on any atom is -0.468 e. The van der Waals surface area contributed by atoms with Gasteiger partial charge in [0.1, 0.15) is 0 Å². The van der Waals surface area contributed by atoms with Gasteiger partial charge in [0.15, 0.2) is 0 Å². The molecule has 52 valence electrons. The van der Waals surface area contributed by atoms with Crippen LogP contribution >= 0.6 is 0 Å². The van der Waals surface area contributed by atoms with Crippen molar-refractivity contribution in [3.63, 3.8) is 0 Å². The normalized spacial score (nSPS) is 19.3. The summed E-state index contributed by atoms with van der Waals surface area (Å²) in [6, 6.07) is 0.765. The van der Waals surface area contributed by atoms with Gasteiger partial charge in [-0.05, 0) is 6.42 Å². The number of aliphatic imine (C=N–C) groups is 1. The molecule has 3 nitrogen and oxygen atoms in total. The Morgan fingerprint density at radius 1 is 1.67 bits per heavy atom. The maximum absolute atomic E-state index is 4.98. The number of amidine groups is 1. The Balaban J connectivity index is 2.53. The monoisotopic (exact) mass is 128 g/mol. The Hall–Kier alpha value is -0.730. The predicted octanol–water partition coefficient (Wildman–Crippen LogP) is 0.324. The summed E-state index contributed by atoms with van der Waals surface area (Å²) in [6.45, 7) is 1.97. The zero-order valence-corrected chi connectivity index (χ0v) is 5.92. The molecule has 0 radical (unpaired) electrons. The first-order chi connectivity index (χ1) is 4.34. The largest absolute Gasteiger partial charge is 0.468 e. The number of nitrogens with zero attached hydrogens (tertiary/aromatic N) is 2. The summed E-state index contributed by atoms with van der Waals surface area (Å²) in [7, 11) is 3.64. The Kier molecular flexibility index (Phi) is 1.92. The number of ether oxygens (including phenoxy) is 1. The van der Waals surface area contributed by atoms with Crippen LogP contribution in [0.1, 0.15) is 6.42 Å². The van der Waals surface area contributed by atoms with Crippen LogP contribution in [0.25, 0.3) is 0 Å². The fourth-order valence-corrected chi connectivity index (χ4v) is 0.919. The standard InChI is InChI=1S/C6H12N2O/c1-8-5-3-4-7-6(8)9-2/h3-5H2,1-2H3. The van der Waals surface area contributed by atoms with Crippen LogP contribution in [0.15, 0.2) is 4.99 Å². The third-order valence-corrected chi connectivity index (χ3v) is 1.41. The van der Waals surface area contributed by atoms with E-state index in [1.54, 1.807) is 7.11 Å². The van der Waals surface area contributed by atoms with Gasteiger partial charge >= 0.3 is 0 Å². The molecule has 1 aliphatic rings. The summed E-state index contributed by atoms with van der Waals surface area (Å²) in [6.07, 6.45) is 1.14. The quantitative estimate of drug-likeness (QED) is 0.469. The van der Waals surface area contributed by atoms with Gasteiger partial charge in [-0.2, -0.15) is 0 Å². The first-order valence-electron chi connectivity index (χ1n) is 3.14. The highest BCUT2D eigenvalue weighted by atomic mass is 16.5. The van der Waals surface area contributed by atoms with Crippen LogP contribution < -0.4 is 0 Å². The molecule has 0 amide bonds. The Morgan fingerprint density at radius 3 is 2.89 bits per heavy atom. The third-order valence-electron chi connectivity index (χ3n) is 1.41. The van der Waals surface area contributed by atoms with Crippen LogP contribution in [0, 0.1) is 0 Å². The molecule has 1 aliphatic heterocycles. The molecule has 3 heteroatoms. The van der Waals surface area contributed by atoms with Crippen LogP contribution in [-0.2, 0) is 4.74 Å². The molecule has 0 atom stereocenters. The maximum Gasteiger partial charge on any atom is 0.286 e. The molecular weight excluding hydrogens is 116 g/mol. The SMILES string of the molecule is COC1=NCCCN1C. The lowest BCUT2D eigenvalue weighted by Crippen LogP contribution is -2.32. The Morgan fingerprint density at radius 2 is 2.44 bits per heavy atom. The molecule has 0 aromatic rings. The van der Waals surface area contributed by atoms with Crippen LogP contribution in [0.4, 0.5) is 0 Å². The average molecular weight is 128 g/mol. The van der Waals surface area contributed by atoms with Gasteiger partial charge in [-0.25, -0.2) is 4.99 Å². The number of methoxy groups -OCH3 is 1. The second-order valence-electron chi connectivity index (χ2n) is 2.14. The fourth-order valence-electron chi connectivity index (χ4n) is 0.919. The highest BCUT2D eigenvalue weighted by Gasteiger charge is 2.09. The molecule has 0 bridgehead atoms. The molecule has 1 heterocycles. The Labute approximate surface area is 55.3 Å². The Bertz CT molecular complexity index is 122. The summed E-state index contributed by atoms with van der Waals surface area (Å²) >= 11 is 0. The maximum atomic E-state index is 4.98. The van der Waals surface area contributed by atoms with Gasteiger partial charge in [-0.15, -0.1) is 0 Å². The van der Waals surface area contributed by atoms with Crippen molar-refractivity contribution in [3.8, 4) is 0 Å². The lowest BCUT2D eigenvalue weighted by atomic mass is 10.4. The first kappa shape index (κ1) is 6.39. The van der Waals surface area contributed by atoms with Crippen molar-refractivity contribution in [3.05, 3.63) is 0 Å². The molecule has 0 saturated carbocycles. The van der Waals surface area contributed by atoms with Crippen molar-refractivity contribution in [2.45, 2.75) is 6.42 Å². The van der Waals surface area contributed by atoms with Gasteiger partial charge < -0.3 is 9.64 Å². The molecular formula is C6H12N2O. The first-order valence-corrected chi connectivity index (χ1v) is 3.14.